The van der Waals surface area contributed by atoms with Gasteiger partial charge in [-0.2, -0.15) is 4.98 Å². The topological polar surface area (TPSA) is 71.3 Å². The fourth-order valence-corrected chi connectivity index (χ4v) is 3.18. The average Bonchev–Trinajstić information content (AvgIpc) is 3.24. The van der Waals surface area contributed by atoms with Crippen LogP contribution in [0.15, 0.2) is 53.1 Å². The number of carbonyl (C=O) groups excluding carboxylic acids is 1. The van der Waals surface area contributed by atoms with Gasteiger partial charge in [0.15, 0.2) is 0 Å². The molecule has 0 spiro atoms. The van der Waals surface area contributed by atoms with Crippen molar-refractivity contribution in [1.82, 2.24) is 20.4 Å². The van der Waals surface area contributed by atoms with Crippen LogP contribution < -0.4 is 5.32 Å². The van der Waals surface area contributed by atoms with Gasteiger partial charge in [-0.1, -0.05) is 42.7 Å². The SMILES string of the molecule is CCN(CC)CCCNC(=O)c1ccccc1-c1nc(-c2ccc(Cl)cc2)no1. The maximum absolute atomic E-state index is 12.7. The van der Waals surface area contributed by atoms with Gasteiger partial charge in [-0.25, -0.2) is 0 Å². The summed E-state index contributed by atoms with van der Waals surface area (Å²) >= 11 is 5.93. The molecular formula is C22H25ClN4O2. The fraction of sp³-hybridized carbons (Fsp3) is 0.318. The van der Waals surface area contributed by atoms with Crippen LogP contribution in [0.4, 0.5) is 0 Å². The fourth-order valence-electron chi connectivity index (χ4n) is 3.06. The smallest absolute Gasteiger partial charge is 0.259 e. The first-order chi connectivity index (χ1) is 14.1. The highest BCUT2D eigenvalue weighted by atomic mass is 35.5. The Kier molecular flexibility index (Phi) is 7.38. The second-order valence-electron chi connectivity index (χ2n) is 6.61. The van der Waals surface area contributed by atoms with Crippen molar-refractivity contribution in [2.24, 2.45) is 0 Å². The number of halogens is 1. The lowest BCUT2D eigenvalue weighted by molar-refractivity contribution is 0.0952. The molecule has 7 heteroatoms. The van der Waals surface area contributed by atoms with Crippen molar-refractivity contribution in [3.8, 4) is 22.8 Å². The van der Waals surface area contributed by atoms with Gasteiger partial charge in [0.2, 0.25) is 5.82 Å². The van der Waals surface area contributed by atoms with Crippen LogP contribution in [-0.4, -0.2) is 47.1 Å². The second kappa shape index (κ2) is 10.2. The summed E-state index contributed by atoms with van der Waals surface area (Å²) in [4.78, 5) is 19.5. The van der Waals surface area contributed by atoms with Crippen LogP contribution in [0.2, 0.25) is 5.02 Å². The van der Waals surface area contributed by atoms with E-state index in [1.165, 1.54) is 0 Å². The molecule has 0 radical (unpaired) electrons. The van der Waals surface area contributed by atoms with E-state index in [1.54, 1.807) is 18.2 Å². The molecule has 0 aliphatic rings. The number of rotatable bonds is 9. The minimum Gasteiger partial charge on any atom is -0.352 e. The van der Waals surface area contributed by atoms with E-state index in [1.807, 2.05) is 30.3 Å². The number of hydrogen-bond acceptors (Lipinski definition) is 5. The van der Waals surface area contributed by atoms with E-state index in [0.717, 1.165) is 31.6 Å². The molecule has 6 nitrogen and oxygen atoms in total. The first-order valence-electron chi connectivity index (χ1n) is 9.82. The summed E-state index contributed by atoms with van der Waals surface area (Å²) in [5.74, 6) is 0.612. The van der Waals surface area contributed by atoms with E-state index < -0.39 is 0 Å². The predicted octanol–water partition coefficient (Wildman–Crippen LogP) is 4.52. The molecule has 29 heavy (non-hydrogen) atoms. The van der Waals surface area contributed by atoms with Crippen LogP contribution in [0.25, 0.3) is 22.8 Å². The second-order valence-corrected chi connectivity index (χ2v) is 7.05. The Morgan fingerprint density at radius 1 is 1.10 bits per heavy atom. The Hall–Kier alpha value is -2.70. The van der Waals surface area contributed by atoms with Crippen molar-refractivity contribution in [2.45, 2.75) is 20.3 Å². The third-order valence-electron chi connectivity index (χ3n) is 4.76. The molecule has 1 aromatic heterocycles. The van der Waals surface area contributed by atoms with E-state index in [4.69, 9.17) is 16.1 Å². The zero-order valence-electron chi connectivity index (χ0n) is 16.7. The lowest BCUT2D eigenvalue weighted by Crippen LogP contribution is -2.30. The molecule has 3 aromatic rings. The normalized spacial score (nSPS) is 11.0. The molecule has 0 fully saturated rings. The van der Waals surface area contributed by atoms with Crippen LogP contribution >= 0.6 is 11.6 Å². The van der Waals surface area contributed by atoms with Crippen LogP contribution in [0.3, 0.4) is 0 Å². The summed E-state index contributed by atoms with van der Waals surface area (Å²) in [7, 11) is 0. The highest BCUT2D eigenvalue weighted by Crippen LogP contribution is 2.25. The molecule has 1 N–H and O–H groups in total. The van der Waals surface area contributed by atoms with Crippen LogP contribution in [0.1, 0.15) is 30.6 Å². The highest BCUT2D eigenvalue weighted by molar-refractivity contribution is 6.30. The van der Waals surface area contributed by atoms with Gasteiger partial charge in [0, 0.05) is 17.1 Å². The van der Waals surface area contributed by atoms with Crippen molar-refractivity contribution in [3.05, 3.63) is 59.1 Å². The molecule has 0 atom stereocenters. The zero-order valence-corrected chi connectivity index (χ0v) is 17.4. The van der Waals surface area contributed by atoms with E-state index >= 15 is 0 Å². The lowest BCUT2D eigenvalue weighted by Gasteiger charge is -2.17. The van der Waals surface area contributed by atoms with Crippen LogP contribution in [0, 0.1) is 0 Å². The van der Waals surface area contributed by atoms with Gasteiger partial charge in [0.05, 0.1) is 11.1 Å². The predicted molar refractivity (Wildman–Crippen MR) is 115 cm³/mol. The van der Waals surface area contributed by atoms with Crippen LogP contribution in [-0.2, 0) is 0 Å². The number of aromatic nitrogens is 2. The summed E-state index contributed by atoms with van der Waals surface area (Å²) in [5.41, 5.74) is 1.92. The molecule has 0 saturated carbocycles. The molecule has 0 aliphatic carbocycles. The quantitative estimate of drug-likeness (QED) is 0.523. The molecule has 1 heterocycles. The van der Waals surface area contributed by atoms with E-state index in [0.29, 0.717) is 34.4 Å². The summed E-state index contributed by atoms with van der Waals surface area (Å²) in [6, 6.07) is 14.4. The summed E-state index contributed by atoms with van der Waals surface area (Å²) in [6.07, 6.45) is 0.900. The number of carbonyl (C=O) groups is 1. The monoisotopic (exact) mass is 412 g/mol. The Bertz CT molecular complexity index is 936. The molecular weight excluding hydrogens is 388 g/mol. The van der Waals surface area contributed by atoms with E-state index in [2.05, 4.69) is 34.2 Å². The largest absolute Gasteiger partial charge is 0.352 e. The van der Waals surface area contributed by atoms with Crippen molar-refractivity contribution < 1.29 is 9.32 Å². The number of benzene rings is 2. The number of amides is 1. The summed E-state index contributed by atoms with van der Waals surface area (Å²) < 4.78 is 5.43. The maximum atomic E-state index is 12.7. The Labute approximate surface area is 175 Å². The van der Waals surface area contributed by atoms with Crippen molar-refractivity contribution in [1.29, 1.82) is 0 Å². The molecule has 0 bridgehead atoms. The van der Waals surface area contributed by atoms with Crippen molar-refractivity contribution in [2.75, 3.05) is 26.2 Å². The third-order valence-corrected chi connectivity index (χ3v) is 5.01. The lowest BCUT2D eigenvalue weighted by atomic mass is 10.1. The molecule has 3 rings (SSSR count). The Morgan fingerprint density at radius 3 is 2.55 bits per heavy atom. The highest BCUT2D eigenvalue weighted by Gasteiger charge is 2.18. The Morgan fingerprint density at radius 2 is 1.83 bits per heavy atom. The minimum absolute atomic E-state index is 0.147. The standard InChI is InChI=1S/C22H25ClN4O2/c1-3-27(4-2)15-7-14-24-21(28)18-8-5-6-9-19(18)22-25-20(26-29-22)16-10-12-17(23)13-11-16/h5-6,8-13H,3-4,7,14-15H2,1-2H3,(H,24,28). The van der Waals surface area contributed by atoms with Crippen LogP contribution in [0.5, 0.6) is 0 Å². The van der Waals surface area contributed by atoms with Gasteiger partial charge in [-0.15, -0.1) is 0 Å². The molecule has 2 aromatic carbocycles. The molecule has 152 valence electrons. The minimum atomic E-state index is -0.147. The molecule has 0 saturated heterocycles. The third kappa shape index (κ3) is 5.43. The van der Waals surface area contributed by atoms with Gasteiger partial charge in [0.1, 0.15) is 0 Å². The Balaban J connectivity index is 1.70. The van der Waals surface area contributed by atoms with Gasteiger partial charge in [-0.05, 0) is 62.5 Å². The zero-order chi connectivity index (χ0) is 20.6. The maximum Gasteiger partial charge on any atom is 0.259 e. The molecule has 0 unspecified atom stereocenters. The van der Waals surface area contributed by atoms with E-state index in [9.17, 15) is 4.79 Å². The van der Waals surface area contributed by atoms with Gasteiger partial charge >= 0.3 is 0 Å². The van der Waals surface area contributed by atoms with Crippen molar-refractivity contribution in [3.63, 3.8) is 0 Å². The van der Waals surface area contributed by atoms with Gasteiger partial charge in [0.25, 0.3) is 11.8 Å². The van der Waals surface area contributed by atoms with Gasteiger partial charge in [-0.3, -0.25) is 4.79 Å². The first-order valence-corrected chi connectivity index (χ1v) is 10.2. The summed E-state index contributed by atoms with van der Waals surface area (Å²) in [6.45, 7) is 7.88. The first kappa shape index (κ1) is 21.0. The molecule has 1 amide bonds. The average molecular weight is 413 g/mol. The van der Waals surface area contributed by atoms with E-state index in [-0.39, 0.29) is 5.91 Å². The number of nitrogens with zero attached hydrogens (tertiary/aromatic N) is 3. The summed E-state index contributed by atoms with van der Waals surface area (Å²) in [5, 5.41) is 7.67. The van der Waals surface area contributed by atoms with Crippen molar-refractivity contribution >= 4 is 17.5 Å². The number of nitrogens with one attached hydrogen (secondary N) is 1. The molecule has 0 aliphatic heterocycles. The van der Waals surface area contributed by atoms with Gasteiger partial charge < -0.3 is 14.7 Å². The number of hydrogen-bond donors (Lipinski definition) is 1.